The maximum atomic E-state index is 10.4. The van der Waals surface area contributed by atoms with Gasteiger partial charge in [-0.3, -0.25) is 0 Å². The van der Waals surface area contributed by atoms with Gasteiger partial charge in [0.15, 0.2) is 0 Å². The van der Waals surface area contributed by atoms with Crippen molar-refractivity contribution in [3.05, 3.63) is 29.3 Å². The van der Waals surface area contributed by atoms with Crippen LogP contribution in [0, 0.1) is 5.92 Å². The molecule has 0 amide bonds. The molecular formula is C14H19NOS. The lowest BCUT2D eigenvalue weighted by Crippen LogP contribution is -2.34. The molecule has 1 N–H and O–H groups in total. The average Bonchev–Trinajstić information content (AvgIpc) is 2.68. The molecule has 0 aliphatic rings. The third kappa shape index (κ3) is 2.67. The number of fused-ring (bicyclic) bond motifs is 1. The molecule has 2 unspecified atom stereocenters. The van der Waals surface area contributed by atoms with Crippen molar-refractivity contribution in [2.45, 2.75) is 39.2 Å². The molecule has 2 nitrogen and oxygen atoms in total. The summed E-state index contributed by atoms with van der Waals surface area (Å²) in [5.41, 5.74) is 0.371. The molecule has 0 fully saturated rings. The van der Waals surface area contributed by atoms with E-state index < -0.39 is 5.60 Å². The van der Waals surface area contributed by atoms with E-state index in [0.29, 0.717) is 6.42 Å². The molecule has 1 heterocycles. The average molecular weight is 249 g/mol. The highest BCUT2D eigenvalue weighted by Gasteiger charge is 2.28. The molecule has 2 atom stereocenters. The molecule has 1 aromatic heterocycles. The van der Waals surface area contributed by atoms with Crippen LogP contribution in [0.3, 0.4) is 0 Å². The lowest BCUT2D eigenvalue weighted by molar-refractivity contribution is 0.00517. The van der Waals surface area contributed by atoms with Crippen molar-refractivity contribution in [1.82, 2.24) is 4.98 Å². The quantitative estimate of drug-likeness (QED) is 0.897. The van der Waals surface area contributed by atoms with E-state index in [0.717, 1.165) is 16.9 Å². The minimum absolute atomic E-state index is 0.287. The number of thiazole rings is 1. The van der Waals surface area contributed by atoms with Gasteiger partial charge in [0.1, 0.15) is 0 Å². The van der Waals surface area contributed by atoms with Crippen LogP contribution in [0.1, 0.15) is 32.2 Å². The summed E-state index contributed by atoms with van der Waals surface area (Å²) in [4.78, 5) is 4.57. The Morgan fingerprint density at radius 1 is 1.41 bits per heavy atom. The zero-order chi connectivity index (χ0) is 12.5. The molecular weight excluding hydrogens is 230 g/mol. The van der Waals surface area contributed by atoms with Gasteiger partial charge in [0, 0.05) is 6.42 Å². The molecule has 0 spiro atoms. The maximum absolute atomic E-state index is 10.4. The van der Waals surface area contributed by atoms with Crippen molar-refractivity contribution in [2.75, 3.05) is 0 Å². The zero-order valence-electron chi connectivity index (χ0n) is 10.6. The molecule has 0 saturated heterocycles. The van der Waals surface area contributed by atoms with Crippen LogP contribution < -0.4 is 0 Å². The van der Waals surface area contributed by atoms with Gasteiger partial charge in [-0.25, -0.2) is 4.98 Å². The number of benzene rings is 1. The van der Waals surface area contributed by atoms with Gasteiger partial charge in [-0.1, -0.05) is 32.4 Å². The Labute approximate surface area is 106 Å². The third-order valence-electron chi connectivity index (χ3n) is 3.52. The molecule has 3 heteroatoms. The Balaban J connectivity index is 2.23. The summed E-state index contributed by atoms with van der Waals surface area (Å²) in [5.74, 6) is 0.287. The smallest absolute Gasteiger partial charge is 0.0967 e. The highest BCUT2D eigenvalue weighted by molar-refractivity contribution is 7.18. The molecule has 0 aliphatic carbocycles. The number of para-hydroxylation sites is 1. The standard InChI is InChI=1S/C14H19NOS/c1-4-10(2)14(3,16)9-13-15-11-7-5-6-8-12(11)17-13/h5-8,10,16H,4,9H2,1-3H3. The van der Waals surface area contributed by atoms with Gasteiger partial charge < -0.3 is 5.11 Å². The first-order chi connectivity index (χ1) is 8.03. The first kappa shape index (κ1) is 12.5. The van der Waals surface area contributed by atoms with E-state index in [1.54, 1.807) is 11.3 Å². The second-order valence-electron chi connectivity index (χ2n) is 4.92. The number of aliphatic hydroxyl groups is 1. The topological polar surface area (TPSA) is 33.1 Å². The van der Waals surface area contributed by atoms with Crippen molar-refractivity contribution >= 4 is 21.6 Å². The first-order valence-corrected chi connectivity index (χ1v) is 6.91. The Bertz CT molecular complexity index is 471. The van der Waals surface area contributed by atoms with Crippen molar-refractivity contribution in [3.8, 4) is 0 Å². The summed E-state index contributed by atoms with van der Waals surface area (Å²) in [6.07, 6.45) is 1.62. The lowest BCUT2D eigenvalue weighted by atomic mass is 9.86. The largest absolute Gasteiger partial charge is 0.389 e. The minimum Gasteiger partial charge on any atom is -0.389 e. The van der Waals surface area contributed by atoms with Crippen molar-refractivity contribution in [1.29, 1.82) is 0 Å². The van der Waals surface area contributed by atoms with Crippen LogP contribution in [0.5, 0.6) is 0 Å². The van der Waals surface area contributed by atoms with Crippen LogP contribution in [0.15, 0.2) is 24.3 Å². The van der Waals surface area contributed by atoms with Crippen molar-refractivity contribution in [3.63, 3.8) is 0 Å². The van der Waals surface area contributed by atoms with Gasteiger partial charge in [-0.2, -0.15) is 0 Å². The highest BCUT2D eigenvalue weighted by atomic mass is 32.1. The van der Waals surface area contributed by atoms with Crippen LogP contribution in [0.25, 0.3) is 10.2 Å². The maximum Gasteiger partial charge on any atom is 0.0967 e. The number of nitrogens with zero attached hydrogens (tertiary/aromatic N) is 1. The third-order valence-corrected chi connectivity index (χ3v) is 4.56. The fourth-order valence-corrected chi connectivity index (χ4v) is 3.04. The van der Waals surface area contributed by atoms with E-state index in [2.05, 4.69) is 24.9 Å². The van der Waals surface area contributed by atoms with E-state index in [1.165, 1.54) is 4.70 Å². The summed E-state index contributed by atoms with van der Waals surface area (Å²) < 4.78 is 1.20. The van der Waals surface area contributed by atoms with Gasteiger partial charge in [-0.05, 0) is 25.0 Å². The van der Waals surface area contributed by atoms with Crippen LogP contribution in [-0.4, -0.2) is 15.7 Å². The van der Waals surface area contributed by atoms with Crippen molar-refractivity contribution < 1.29 is 5.11 Å². The molecule has 92 valence electrons. The molecule has 1 aromatic carbocycles. The molecule has 17 heavy (non-hydrogen) atoms. The number of aromatic nitrogens is 1. The summed E-state index contributed by atoms with van der Waals surface area (Å²) in [7, 11) is 0. The van der Waals surface area contributed by atoms with Crippen LogP contribution in [-0.2, 0) is 6.42 Å². The normalized spacial score (nSPS) is 16.9. The molecule has 0 saturated carbocycles. The van der Waals surface area contributed by atoms with Crippen LogP contribution >= 0.6 is 11.3 Å². The van der Waals surface area contributed by atoms with Crippen LogP contribution in [0.4, 0.5) is 0 Å². The summed E-state index contributed by atoms with van der Waals surface area (Å²) in [6, 6.07) is 8.12. The fraction of sp³-hybridized carbons (Fsp3) is 0.500. The number of hydrogen-bond acceptors (Lipinski definition) is 3. The van der Waals surface area contributed by atoms with Gasteiger partial charge in [0.2, 0.25) is 0 Å². The predicted octanol–water partition coefficient (Wildman–Crippen LogP) is 3.64. The second-order valence-corrected chi connectivity index (χ2v) is 6.03. The van der Waals surface area contributed by atoms with E-state index in [4.69, 9.17) is 0 Å². The van der Waals surface area contributed by atoms with Gasteiger partial charge in [0.25, 0.3) is 0 Å². The Morgan fingerprint density at radius 3 is 2.76 bits per heavy atom. The molecule has 2 aromatic rings. The lowest BCUT2D eigenvalue weighted by Gasteiger charge is -2.28. The van der Waals surface area contributed by atoms with Gasteiger partial charge in [-0.15, -0.1) is 11.3 Å². The van der Waals surface area contributed by atoms with E-state index in [1.807, 2.05) is 25.1 Å². The van der Waals surface area contributed by atoms with Gasteiger partial charge >= 0.3 is 0 Å². The van der Waals surface area contributed by atoms with Crippen molar-refractivity contribution in [2.24, 2.45) is 5.92 Å². The predicted molar refractivity (Wildman–Crippen MR) is 73.4 cm³/mol. The van der Waals surface area contributed by atoms with E-state index >= 15 is 0 Å². The summed E-state index contributed by atoms with van der Waals surface area (Å²) in [6.45, 7) is 6.11. The number of rotatable bonds is 4. The van der Waals surface area contributed by atoms with Crippen LogP contribution in [0.2, 0.25) is 0 Å². The van der Waals surface area contributed by atoms with E-state index in [-0.39, 0.29) is 5.92 Å². The molecule has 0 bridgehead atoms. The minimum atomic E-state index is -0.664. The second kappa shape index (κ2) is 4.75. The highest BCUT2D eigenvalue weighted by Crippen LogP contribution is 2.29. The molecule has 0 radical (unpaired) electrons. The molecule has 2 rings (SSSR count). The first-order valence-electron chi connectivity index (χ1n) is 6.09. The van der Waals surface area contributed by atoms with Gasteiger partial charge in [0.05, 0.1) is 20.8 Å². The Morgan fingerprint density at radius 2 is 2.12 bits per heavy atom. The number of hydrogen-bond donors (Lipinski definition) is 1. The fourth-order valence-electron chi connectivity index (χ4n) is 1.92. The van der Waals surface area contributed by atoms with E-state index in [9.17, 15) is 5.11 Å². The molecule has 0 aliphatic heterocycles. The summed E-state index contributed by atoms with van der Waals surface area (Å²) >= 11 is 1.68. The Kier molecular flexibility index (Phi) is 3.50. The Hall–Kier alpha value is -0.930. The monoisotopic (exact) mass is 249 g/mol. The summed E-state index contributed by atoms with van der Waals surface area (Å²) in [5, 5.41) is 11.5. The zero-order valence-corrected chi connectivity index (χ0v) is 11.4. The SMILES string of the molecule is CCC(C)C(C)(O)Cc1nc2ccccc2s1.